The van der Waals surface area contributed by atoms with Crippen LogP contribution >= 0.6 is 34.8 Å². The third-order valence-corrected chi connectivity index (χ3v) is 3.98. The van der Waals surface area contributed by atoms with E-state index in [9.17, 15) is 4.39 Å². The Kier molecular flexibility index (Phi) is 4.29. The van der Waals surface area contributed by atoms with E-state index < -0.39 is 5.82 Å². The zero-order valence-electron chi connectivity index (χ0n) is 11.0. The molecular formula is C14H8Cl3FN4. The summed E-state index contributed by atoms with van der Waals surface area (Å²) in [6.07, 6.45) is 0. The fourth-order valence-electron chi connectivity index (χ4n) is 1.95. The molecule has 0 N–H and O–H groups in total. The van der Waals surface area contributed by atoms with E-state index in [1.54, 1.807) is 24.3 Å². The van der Waals surface area contributed by atoms with E-state index in [0.29, 0.717) is 26.2 Å². The van der Waals surface area contributed by atoms with Gasteiger partial charge in [0.15, 0.2) is 0 Å². The summed E-state index contributed by atoms with van der Waals surface area (Å²) in [5.74, 6) is -0.162. The molecule has 0 saturated carbocycles. The highest BCUT2D eigenvalue weighted by Gasteiger charge is 2.15. The third-order valence-electron chi connectivity index (χ3n) is 3.00. The topological polar surface area (TPSA) is 43.6 Å². The minimum absolute atomic E-state index is 0.0561. The van der Waals surface area contributed by atoms with Crippen molar-refractivity contribution in [2.45, 2.75) is 6.54 Å². The molecule has 0 radical (unpaired) electrons. The molecule has 0 fully saturated rings. The van der Waals surface area contributed by atoms with Crippen LogP contribution in [-0.4, -0.2) is 20.2 Å². The summed E-state index contributed by atoms with van der Waals surface area (Å²) in [7, 11) is 0. The van der Waals surface area contributed by atoms with E-state index >= 15 is 0 Å². The van der Waals surface area contributed by atoms with Gasteiger partial charge in [-0.25, -0.2) is 4.39 Å². The Balaban J connectivity index is 1.95. The van der Waals surface area contributed by atoms with E-state index in [0.717, 1.165) is 0 Å². The zero-order valence-corrected chi connectivity index (χ0v) is 13.2. The first-order valence-corrected chi connectivity index (χ1v) is 7.34. The van der Waals surface area contributed by atoms with E-state index in [-0.39, 0.29) is 12.4 Å². The quantitative estimate of drug-likeness (QED) is 0.694. The van der Waals surface area contributed by atoms with Gasteiger partial charge in [0.25, 0.3) is 0 Å². The molecule has 0 aliphatic heterocycles. The molecule has 1 aromatic heterocycles. The maximum atomic E-state index is 13.8. The number of nitrogens with zero attached hydrogens (tertiary/aromatic N) is 4. The highest BCUT2D eigenvalue weighted by Crippen LogP contribution is 2.31. The number of hydrogen-bond donors (Lipinski definition) is 0. The average Bonchev–Trinajstić information content (AvgIpc) is 2.91. The second kappa shape index (κ2) is 6.20. The van der Waals surface area contributed by atoms with Gasteiger partial charge >= 0.3 is 0 Å². The number of rotatable bonds is 3. The molecule has 0 bridgehead atoms. The van der Waals surface area contributed by atoms with Crippen LogP contribution in [0, 0.1) is 5.82 Å². The van der Waals surface area contributed by atoms with Crippen molar-refractivity contribution < 1.29 is 4.39 Å². The second-order valence-electron chi connectivity index (χ2n) is 4.44. The standard InChI is InChI=1S/C14H8Cl3FN4/c15-9-3-2-6-12(18)8(9)7-22-20-14(19-21-22)13-10(16)4-1-5-11(13)17/h1-6H,7H2. The van der Waals surface area contributed by atoms with Crippen molar-refractivity contribution in [1.29, 1.82) is 0 Å². The lowest BCUT2D eigenvalue weighted by Gasteiger charge is -2.04. The number of halogens is 4. The summed E-state index contributed by atoms with van der Waals surface area (Å²) in [4.78, 5) is 1.24. The van der Waals surface area contributed by atoms with Crippen molar-refractivity contribution in [3.63, 3.8) is 0 Å². The van der Waals surface area contributed by atoms with E-state index in [4.69, 9.17) is 34.8 Å². The monoisotopic (exact) mass is 356 g/mol. The van der Waals surface area contributed by atoms with Gasteiger partial charge in [0.1, 0.15) is 5.82 Å². The van der Waals surface area contributed by atoms with E-state index in [1.165, 1.54) is 16.9 Å². The van der Waals surface area contributed by atoms with Gasteiger partial charge in [0.05, 0.1) is 22.2 Å². The minimum atomic E-state index is -0.429. The zero-order chi connectivity index (χ0) is 15.7. The molecule has 3 rings (SSSR count). The molecule has 0 aliphatic carbocycles. The van der Waals surface area contributed by atoms with Crippen LogP contribution in [0.5, 0.6) is 0 Å². The summed E-state index contributed by atoms with van der Waals surface area (Å²) >= 11 is 18.2. The van der Waals surface area contributed by atoms with Crippen molar-refractivity contribution in [3.05, 3.63) is 62.8 Å². The lowest BCUT2D eigenvalue weighted by atomic mass is 10.2. The van der Waals surface area contributed by atoms with Crippen LogP contribution in [0.4, 0.5) is 4.39 Å². The molecule has 22 heavy (non-hydrogen) atoms. The smallest absolute Gasteiger partial charge is 0.207 e. The lowest BCUT2D eigenvalue weighted by molar-refractivity contribution is 0.539. The van der Waals surface area contributed by atoms with Crippen molar-refractivity contribution in [2.75, 3.05) is 0 Å². The fourth-order valence-corrected chi connectivity index (χ4v) is 2.74. The normalized spacial score (nSPS) is 10.9. The van der Waals surface area contributed by atoms with Crippen LogP contribution in [-0.2, 0) is 6.54 Å². The summed E-state index contributed by atoms with van der Waals surface area (Å²) in [5.41, 5.74) is 0.773. The molecule has 112 valence electrons. The second-order valence-corrected chi connectivity index (χ2v) is 5.66. The van der Waals surface area contributed by atoms with Gasteiger partial charge in [0, 0.05) is 10.6 Å². The third kappa shape index (κ3) is 2.92. The molecule has 0 spiro atoms. The number of benzene rings is 2. The fraction of sp³-hybridized carbons (Fsp3) is 0.0714. The molecular weight excluding hydrogens is 350 g/mol. The average molecular weight is 358 g/mol. The largest absolute Gasteiger partial charge is 0.207 e. The van der Waals surface area contributed by atoms with Crippen molar-refractivity contribution >= 4 is 34.8 Å². The highest BCUT2D eigenvalue weighted by atomic mass is 35.5. The molecule has 0 amide bonds. The van der Waals surface area contributed by atoms with Gasteiger partial charge in [-0.1, -0.05) is 46.9 Å². The Morgan fingerprint density at radius 2 is 1.59 bits per heavy atom. The molecule has 3 aromatic rings. The summed E-state index contributed by atoms with van der Waals surface area (Å²) in [5, 5.41) is 13.1. The number of tetrazole rings is 1. The van der Waals surface area contributed by atoms with Crippen LogP contribution in [0.2, 0.25) is 15.1 Å². The van der Waals surface area contributed by atoms with Crippen LogP contribution in [0.1, 0.15) is 5.56 Å². The number of hydrogen-bond acceptors (Lipinski definition) is 3. The lowest BCUT2D eigenvalue weighted by Crippen LogP contribution is -2.06. The Bertz CT molecular complexity index is 794. The summed E-state index contributed by atoms with van der Waals surface area (Å²) in [6.45, 7) is 0.0561. The van der Waals surface area contributed by atoms with Gasteiger partial charge in [-0.2, -0.15) is 4.80 Å². The SMILES string of the molecule is Fc1cccc(Cl)c1Cn1nnc(-c2c(Cl)cccc2Cl)n1. The van der Waals surface area contributed by atoms with Gasteiger partial charge in [-0.05, 0) is 29.5 Å². The summed E-state index contributed by atoms with van der Waals surface area (Å²) < 4.78 is 13.8. The van der Waals surface area contributed by atoms with Gasteiger partial charge in [-0.3, -0.25) is 0 Å². The molecule has 4 nitrogen and oxygen atoms in total. The van der Waals surface area contributed by atoms with Crippen molar-refractivity contribution in [3.8, 4) is 11.4 Å². The molecule has 0 unspecified atom stereocenters. The van der Waals surface area contributed by atoms with Crippen molar-refractivity contribution in [2.24, 2.45) is 0 Å². The van der Waals surface area contributed by atoms with Crippen LogP contribution in [0.3, 0.4) is 0 Å². The van der Waals surface area contributed by atoms with Gasteiger partial charge < -0.3 is 0 Å². The first-order valence-electron chi connectivity index (χ1n) is 6.21. The molecule has 0 atom stereocenters. The van der Waals surface area contributed by atoms with E-state index in [1.807, 2.05) is 0 Å². The first-order chi connectivity index (χ1) is 10.6. The van der Waals surface area contributed by atoms with Gasteiger partial charge in [0.2, 0.25) is 5.82 Å². The molecule has 1 heterocycles. The van der Waals surface area contributed by atoms with Gasteiger partial charge in [-0.15, -0.1) is 10.2 Å². The maximum Gasteiger partial charge on any atom is 0.207 e. The Hall–Kier alpha value is -1.69. The van der Waals surface area contributed by atoms with E-state index in [2.05, 4.69) is 15.4 Å². The minimum Gasteiger partial charge on any atom is -0.207 e. The molecule has 2 aromatic carbocycles. The summed E-state index contributed by atoms with van der Waals surface area (Å²) in [6, 6.07) is 9.53. The Morgan fingerprint density at radius 1 is 0.955 bits per heavy atom. The molecule has 8 heteroatoms. The Morgan fingerprint density at radius 3 is 2.27 bits per heavy atom. The van der Waals surface area contributed by atoms with Crippen molar-refractivity contribution in [1.82, 2.24) is 20.2 Å². The Labute approximate surface area is 140 Å². The van der Waals surface area contributed by atoms with Crippen LogP contribution in [0.25, 0.3) is 11.4 Å². The molecule has 0 aliphatic rings. The molecule has 0 saturated heterocycles. The highest BCUT2D eigenvalue weighted by molar-refractivity contribution is 6.38. The van der Waals surface area contributed by atoms with Crippen LogP contribution in [0.15, 0.2) is 36.4 Å². The number of aromatic nitrogens is 4. The predicted octanol–water partition coefficient (Wildman–Crippen LogP) is 4.49. The first kappa shape index (κ1) is 15.2. The van der Waals surface area contributed by atoms with Crippen LogP contribution < -0.4 is 0 Å². The predicted molar refractivity (Wildman–Crippen MR) is 83.8 cm³/mol. The maximum absolute atomic E-state index is 13.8.